The first-order chi connectivity index (χ1) is 8.42. The molecule has 7 heteroatoms. The number of hydrogen-bond acceptors (Lipinski definition) is 4. The minimum absolute atomic E-state index is 0.173. The number of ketones is 1. The second kappa shape index (κ2) is 3.82. The van der Waals surface area contributed by atoms with E-state index in [4.69, 9.17) is 11.6 Å². The third-order valence-electron chi connectivity index (χ3n) is 3.28. The second-order valence-corrected chi connectivity index (χ2v) is 8.80. The van der Waals surface area contributed by atoms with E-state index in [1.807, 2.05) is 0 Å². The second-order valence-electron chi connectivity index (χ2n) is 6.14. The summed E-state index contributed by atoms with van der Waals surface area (Å²) in [5.74, 6) is -1.38. The summed E-state index contributed by atoms with van der Waals surface area (Å²) in [6.45, 7) is 6.48. The lowest BCUT2D eigenvalue weighted by atomic mass is 9.78. The van der Waals surface area contributed by atoms with Gasteiger partial charge in [0.05, 0.1) is 5.75 Å². The number of amides is 1. The molecule has 2 rings (SSSR count). The molecule has 0 aromatic heterocycles. The lowest BCUT2D eigenvalue weighted by Crippen LogP contribution is -2.77. The molecular formula is C12H16ClNO4S. The topological polar surface area (TPSA) is 71.5 Å². The minimum atomic E-state index is -3.63. The van der Waals surface area contributed by atoms with E-state index in [1.54, 1.807) is 27.7 Å². The summed E-state index contributed by atoms with van der Waals surface area (Å²) in [4.78, 5) is 23.5. The highest BCUT2D eigenvalue weighted by molar-refractivity contribution is 7.92. The highest BCUT2D eigenvalue weighted by Gasteiger charge is 2.71. The fourth-order valence-electron chi connectivity index (χ4n) is 2.50. The van der Waals surface area contributed by atoms with Crippen LogP contribution in [0, 0.1) is 5.41 Å². The Morgan fingerprint density at radius 3 is 2.47 bits per heavy atom. The Morgan fingerprint density at radius 2 is 2.00 bits per heavy atom. The van der Waals surface area contributed by atoms with Crippen LogP contribution in [0.3, 0.4) is 0 Å². The van der Waals surface area contributed by atoms with E-state index in [0.717, 1.165) is 4.90 Å². The van der Waals surface area contributed by atoms with Gasteiger partial charge in [0, 0.05) is 11.6 Å². The first-order valence-corrected chi connectivity index (χ1v) is 7.97. The summed E-state index contributed by atoms with van der Waals surface area (Å²) in [6.07, 6.45) is 1.46. The molecule has 0 aromatic carbocycles. The quantitative estimate of drug-likeness (QED) is 0.413. The summed E-state index contributed by atoms with van der Waals surface area (Å²) in [5.41, 5.74) is -0.318. The van der Waals surface area contributed by atoms with Crippen molar-refractivity contribution in [3.8, 4) is 0 Å². The maximum Gasteiger partial charge on any atom is 0.259 e. The number of alkyl halides is 1. The third kappa shape index (κ3) is 1.84. The predicted molar refractivity (Wildman–Crippen MR) is 71.2 cm³/mol. The molecule has 19 heavy (non-hydrogen) atoms. The van der Waals surface area contributed by atoms with Crippen molar-refractivity contribution in [2.45, 2.75) is 37.9 Å². The summed E-state index contributed by atoms with van der Waals surface area (Å²) < 4.78 is 24.3. The van der Waals surface area contributed by atoms with E-state index < -0.39 is 37.2 Å². The number of Topliss-reactive ketones (excluding diaryl/α,β-unsaturated/α-hetero) is 1. The average Bonchev–Trinajstić information content (AvgIpc) is 2.23. The fraction of sp³-hybridized carbons (Fsp3) is 0.667. The van der Waals surface area contributed by atoms with Crippen LogP contribution in [0.15, 0.2) is 11.8 Å². The Morgan fingerprint density at radius 1 is 1.47 bits per heavy atom. The van der Waals surface area contributed by atoms with E-state index in [1.165, 1.54) is 6.20 Å². The molecule has 0 radical (unpaired) electrons. The molecule has 0 spiro atoms. The maximum atomic E-state index is 12.3. The predicted octanol–water partition coefficient (Wildman–Crippen LogP) is 1.08. The van der Waals surface area contributed by atoms with Crippen LogP contribution in [0.4, 0.5) is 0 Å². The number of β-lactam (4-membered cyclic amide) rings is 1. The van der Waals surface area contributed by atoms with Crippen molar-refractivity contribution in [3.05, 3.63) is 11.8 Å². The molecule has 0 unspecified atom stereocenters. The minimum Gasteiger partial charge on any atom is -0.297 e. The highest BCUT2D eigenvalue weighted by Crippen LogP contribution is 2.47. The van der Waals surface area contributed by atoms with E-state index >= 15 is 0 Å². The van der Waals surface area contributed by atoms with Crippen molar-refractivity contribution in [1.82, 2.24) is 4.90 Å². The van der Waals surface area contributed by atoms with Gasteiger partial charge in [-0.15, -0.1) is 0 Å². The number of fused-ring (bicyclic) bond motifs is 1. The number of rotatable bonds is 1. The molecule has 0 bridgehead atoms. The largest absolute Gasteiger partial charge is 0.297 e. The summed E-state index contributed by atoms with van der Waals surface area (Å²) >= 11 is 6.15. The molecule has 2 aliphatic heterocycles. The van der Waals surface area contributed by atoms with Crippen LogP contribution in [-0.4, -0.2) is 41.0 Å². The fourth-order valence-corrected chi connectivity index (χ4v) is 5.46. The van der Waals surface area contributed by atoms with Gasteiger partial charge in [0.15, 0.2) is 21.0 Å². The van der Waals surface area contributed by atoms with E-state index in [-0.39, 0.29) is 5.75 Å². The van der Waals surface area contributed by atoms with Gasteiger partial charge in [-0.3, -0.25) is 14.5 Å². The molecule has 0 aliphatic carbocycles. The van der Waals surface area contributed by atoms with E-state index in [0.29, 0.717) is 5.57 Å². The molecule has 106 valence electrons. The smallest absolute Gasteiger partial charge is 0.259 e. The molecule has 0 N–H and O–H groups in total. The lowest BCUT2D eigenvalue weighted by molar-refractivity contribution is -0.152. The van der Waals surface area contributed by atoms with E-state index in [2.05, 4.69) is 0 Å². The molecule has 2 heterocycles. The standard InChI is InChI=1S/C12H16ClNO4S/c1-7-5-14-9(16)12(13,8(15)11(2,3)4)10(14)19(17,18)6-7/h5,10H,6H2,1-4H3/t10-,12-/m0/s1. The van der Waals surface area contributed by atoms with Crippen molar-refractivity contribution in [2.75, 3.05) is 5.75 Å². The molecule has 1 amide bonds. The third-order valence-corrected chi connectivity index (χ3v) is 6.07. The van der Waals surface area contributed by atoms with Crippen LogP contribution >= 0.6 is 11.6 Å². The van der Waals surface area contributed by atoms with Gasteiger partial charge in [-0.1, -0.05) is 32.4 Å². The SMILES string of the molecule is CC1=CN2C(=O)[C@@](Cl)(C(=O)C(C)(C)C)[C@@H]2S(=O)(=O)C1. The Kier molecular flexibility index (Phi) is 2.92. The number of carbonyl (C=O) groups is 2. The molecular weight excluding hydrogens is 290 g/mol. The molecule has 0 aromatic rings. The Balaban J connectivity index is 2.53. The highest BCUT2D eigenvalue weighted by atomic mass is 35.5. The normalized spacial score (nSPS) is 33.3. The first-order valence-electron chi connectivity index (χ1n) is 5.88. The molecule has 0 saturated carbocycles. The zero-order valence-electron chi connectivity index (χ0n) is 11.2. The van der Waals surface area contributed by atoms with Gasteiger partial charge >= 0.3 is 0 Å². The van der Waals surface area contributed by atoms with Crippen molar-refractivity contribution in [3.63, 3.8) is 0 Å². The maximum absolute atomic E-state index is 12.3. The van der Waals surface area contributed by atoms with Gasteiger partial charge in [0.1, 0.15) is 0 Å². The number of hydrogen-bond donors (Lipinski definition) is 0. The number of sulfone groups is 1. The first kappa shape index (κ1) is 14.5. The van der Waals surface area contributed by atoms with Gasteiger partial charge in [-0.2, -0.15) is 0 Å². The van der Waals surface area contributed by atoms with Crippen LogP contribution < -0.4 is 0 Å². The molecule has 5 nitrogen and oxygen atoms in total. The Bertz CT molecular complexity index is 602. The van der Waals surface area contributed by atoms with Crippen LogP contribution in [-0.2, 0) is 19.4 Å². The van der Waals surface area contributed by atoms with Crippen LogP contribution in [0.25, 0.3) is 0 Å². The van der Waals surface area contributed by atoms with Crippen molar-refractivity contribution in [1.29, 1.82) is 0 Å². The number of halogens is 1. The lowest BCUT2D eigenvalue weighted by Gasteiger charge is -2.52. The van der Waals surface area contributed by atoms with Crippen molar-refractivity contribution in [2.24, 2.45) is 5.41 Å². The Hall–Kier alpha value is -0.880. The molecule has 2 atom stereocenters. The van der Waals surface area contributed by atoms with E-state index in [9.17, 15) is 18.0 Å². The van der Waals surface area contributed by atoms with Crippen molar-refractivity contribution < 1.29 is 18.0 Å². The van der Waals surface area contributed by atoms with Gasteiger partial charge in [0.25, 0.3) is 5.91 Å². The molecule has 1 saturated heterocycles. The zero-order valence-corrected chi connectivity index (χ0v) is 12.8. The van der Waals surface area contributed by atoms with Gasteiger partial charge in [-0.25, -0.2) is 8.42 Å². The Labute approximate surface area is 117 Å². The average molecular weight is 306 g/mol. The molecule has 2 aliphatic rings. The van der Waals surface area contributed by atoms with Crippen LogP contribution in [0.2, 0.25) is 0 Å². The number of nitrogens with zero attached hydrogens (tertiary/aromatic N) is 1. The monoisotopic (exact) mass is 305 g/mol. The van der Waals surface area contributed by atoms with Crippen molar-refractivity contribution >= 4 is 33.1 Å². The van der Waals surface area contributed by atoms with Gasteiger partial charge in [0.2, 0.25) is 4.87 Å². The molecule has 1 fully saturated rings. The summed E-state index contributed by atoms with van der Waals surface area (Å²) in [5, 5.41) is -1.27. The van der Waals surface area contributed by atoms with Crippen LogP contribution in [0.5, 0.6) is 0 Å². The number of carbonyl (C=O) groups excluding carboxylic acids is 2. The zero-order chi connectivity index (χ0) is 14.8. The van der Waals surface area contributed by atoms with Crippen LogP contribution in [0.1, 0.15) is 27.7 Å². The van der Waals surface area contributed by atoms with Gasteiger partial charge in [-0.05, 0) is 12.5 Å². The summed E-state index contributed by atoms with van der Waals surface area (Å²) in [6, 6.07) is 0. The van der Waals surface area contributed by atoms with Gasteiger partial charge < -0.3 is 0 Å². The summed E-state index contributed by atoms with van der Waals surface area (Å²) in [7, 11) is -3.63.